The number of hydrogen-bond donors (Lipinski definition) is 0. The van der Waals surface area contributed by atoms with E-state index in [4.69, 9.17) is 4.74 Å². The number of para-hydroxylation sites is 1. The molecule has 1 aliphatic heterocycles. The van der Waals surface area contributed by atoms with Gasteiger partial charge in [0.1, 0.15) is 5.75 Å². The van der Waals surface area contributed by atoms with Crippen LogP contribution in [0.25, 0.3) is 0 Å². The number of ether oxygens (including phenoxy) is 1. The van der Waals surface area contributed by atoms with Crippen LogP contribution in [-0.2, 0) is 16.1 Å². The molecule has 0 aromatic heterocycles. The lowest BCUT2D eigenvalue weighted by atomic mass is 10.2. The Kier molecular flexibility index (Phi) is 5.57. The van der Waals surface area contributed by atoms with Crippen molar-refractivity contribution >= 4 is 29.3 Å². The van der Waals surface area contributed by atoms with Crippen LogP contribution in [-0.4, -0.2) is 42.2 Å². The summed E-state index contributed by atoms with van der Waals surface area (Å²) in [6.07, 6.45) is 2.46. The van der Waals surface area contributed by atoms with E-state index in [0.29, 0.717) is 31.3 Å². The van der Waals surface area contributed by atoms with Gasteiger partial charge in [-0.05, 0) is 42.7 Å². The predicted molar refractivity (Wildman–Crippen MR) is 111 cm³/mol. The van der Waals surface area contributed by atoms with Crippen LogP contribution in [0, 0.1) is 0 Å². The Morgan fingerprint density at radius 3 is 2.64 bits per heavy atom. The van der Waals surface area contributed by atoms with Crippen molar-refractivity contribution in [3.05, 3.63) is 54.1 Å². The van der Waals surface area contributed by atoms with Crippen LogP contribution in [0.5, 0.6) is 5.75 Å². The zero-order chi connectivity index (χ0) is 19.5. The van der Waals surface area contributed by atoms with Gasteiger partial charge in [0.25, 0.3) is 0 Å². The van der Waals surface area contributed by atoms with E-state index < -0.39 is 0 Å². The minimum Gasteiger partial charge on any atom is -0.497 e. The monoisotopic (exact) mass is 396 g/mol. The van der Waals surface area contributed by atoms with Crippen molar-refractivity contribution in [3.8, 4) is 5.75 Å². The van der Waals surface area contributed by atoms with Crippen LogP contribution in [0.15, 0.2) is 53.4 Å². The predicted octanol–water partition coefficient (Wildman–Crippen LogP) is 3.72. The number of methoxy groups -OCH3 is 1. The Balaban J connectivity index is 1.42. The fourth-order valence-corrected chi connectivity index (χ4v) is 4.42. The summed E-state index contributed by atoms with van der Waals surface area (Å²) in [4.78, 5) is 30.2. The Bertz CT molecular complexity index is 864. The summed E-state index contributed by atoms with van der Waals surface area (Å²) in [5, 5.41) is 0. The van der Waals surface area contributed by atoms with Gasteiger partial charge in [0, 0.05) is 30.4 Å². The molecule has 0 unspecified atom stereocenters. The van der Waals surface area contributed by atoms with E-state index in [1.165, 1.54) is 0 Å². The number of fused-ring (bicyclic) bond motifs is 1. The molecule has 1 fully saturated rings. The molecule has 0 N–H and O–H groups in total. The van der Waals surface area contributed by atoms with Gasteiger partial charge in [0.2, 0.25) is 11.8 Å². The van der Waals surface area contributed by atoms with Gasteiger partial charge in [0.15, 0.2) is 0 Å². The molecule has 2 amide bonds. The fourth-order valence-electron chi connectivity index (χ4n) is 3.48. The minimum absolute atomic E-state index is 0.0737. The Morgan fingerprint density at radius 2 is 1.93 bits per heavy atom. The molecule has 0 atom stereocenters. The van der Waals surface area contributed by atoms with Gasteiger partial charge in [-0.1, -0.05) is 24.3 Å². The van der Waals surface area contributed by atoms with Crippen molar-refractivity contribution in [2.45, 2.75) is 36.7 Å². The maximum atomic E-state index is 13.0. The maximum Gasteiger partial charge on any atom is 0.237 e. The van der Waals surface area contributed by atoms with E-state index in [9.17, 15) is 9.59 Å². The number of anilines is 1. The quantitative estimate of drug-likeness (QED) is 0.716. The highest BCUT2D eigenvalue weighted by molar-refractivity contribution is 8.00. The fraction of sp³-hybridized carbons (Fsp3) is 0.364. The molecule has 1 aliphatic carbocycles. The second-order valence-electron chi connectivity index (χ2n) is 7.15. The van der Waals surface area contributed by atoms with Gasteiger partial charge in [-0.15, -0.1) is 11.8 Å². The molecule has 6 heteroatoms. The zero-order valence-corrected chi connectivity index (χ0v) is 16.8. The van der Waals surface area contributed by atoms with Crippen molar-refractivity contribution in [2.24, 2.45) is 0 Å². The third kappa shape index (κ3) is 4.17. The van der Waals surface area contributed by atoms with E-state index in [0.717, 1.165) is 34.7 Å². The van der Waals surface area contributed by atoms with Gasteiger partial charge in [0.05, 0.1) is 18.6 Å². The molecule has 28 heavy (non-hydrogen) atoms. The van der Waals surface area contributed by atoms with Crippen LogP contribution < -0.4 is 9.64 Å². The van der Waals surface area contributed by atoms with E-state index in [-0.39, 0.29) is 11.8 Å². The van der Waals surface area contributed by atoms with E-state index >= 15 is 0 Å². The summed E-state index contributed by atoms with van der Waals surface area (Å²) in [7, 11) is 1.65. The third-order valence-electron chi connectivity index (χ3n) is 5.18. The van der Waals surface area contributed by atoms with Gasteiger partial charge >= 0.3 is 0 Å². The zero-order valence-electron chi connectivity index (χ0n) is 16.0. The lowest BCUT2D eigenvalue weighted by molar-refractivity contribution is -0.132. The Hall–Kier alpha value is -2.47. The third-order valence-corrected chi connectivity index (χ3v) is 6.23. The number of rotatable bonds is 7. The molecule has 1 heterocycles. The largest absolute Gasteiger partial charge is 0.497 e. The van der Waals surface area contributed by atoms with Gasteiger partial charge in [-0.2, -0.15) is 0 Å². The number of amides is 2. The van der Waals surface area contributed by atoms with Gasteiger partial charge in [-0.25, -0.2) is 0 Å². The summed E-state index contributed by atoms with van der Waals surface area (Å²) in [6.45, 7) is 1.04. The lowest BCUT2D eigenvalue weighted by Gasteiger charge is -2.30. The molecule has 146 valence electrons. The summed E-state index contributed by atoms with van der Waals surface area (Å²) in [6, 6.07) is 16.1. The number of carbonyl (C=O) groups is 2. The van der Waals surface area contributed by atoms with Gasteiger partial charge < -0.3 is 14.5 Å². The molecule has 4 rings (SSSR count). The number of benzene rings is 2. The van der Waals surface area contributed by atoms with Crippen LogP contribution in [0.3, 0.4) is 0 Å². The highest BCUT2D eigenvalue weighted by atomic mass is 32.2. The minimum atomic E-state index is 0.0737. The SMILES string of the molecule is COc1ccc(CN(C(=O)CCN2C(=O)CSc3ccccc32)C2CC2)cc1. The smallest absolute Gasteiger partial charge is 0.237 e. The van der Waals surface area contributed by atoms with E-state index in [2.05, 4.69) is 0 Å². The molecule has 0 radical (unpaired) electrons. The second kappa shape index (κ2) is 8.27. The average molecular weight is 397 g/mol. The lowest BCUT2D eigenvalue weighted by Crippen LogP contribution is -2.40. The van der Waals surface area contributed by atoms with Crippen molar-refractivity contribution in [3.63, 3.8) is 0 Å². The van der Waals surface area contributed by atoms with Crippen LogP contribution in [0.2, 0.25) is 0 Å². The standard InChI is InChI=1S/C22H24N2O3S/c1-27-18-10-6-16(7-11-18)14-24(17-8-9-17)21(25)12-13-23-19-4-2-3-5-20(19)28-15-22(23)26/h2-7,10-11,17H,8-9,12-15H2,1H3. The number of carbonyl (C=O) groups excluding carboxylic acids is 2. The maximum absolute atomic E-state index is 13.0. The molecule has 0 spiro atoms. The number of thioether (sulfide) groups is 1. The van der Waals surface area contributed by atoms with E-state index in [1.807, 2.05) is 53.4 Å². The normalized spacial score (nSPS) is 15.9. The van der Waals surface area contributed by atoms with Crippen molar-refractivity contribution in [2.75, 3.05) is 24.3 Å². The van der Waals surface area contributed by atoms with Crippen LogP contribution in [0.1, 0.15) is 24.8 Å². The first-order chi connectivity index (χ1) is 13.7. The summed E-state index contributed by atoms with van der Waals surface area (Å²) >= 11 is 1.56. The molecule has 2 aromatic carbocycles. The summed E-state index contributed by atoms with van der Waals surface area (Å²) in [5.74, 6) is 1.43. The molecular formula is C22H24N2O3S. The van der Waals surface area contributed by atoms with Gasteiger partial charge in [-0.3, -0.25) is 9.59 Å². The topological polar surface area (TPSA) is 49.9 Å². The highest BCUT2D eigenvalue weighted by Gasteiger charge is 2.33. The van der Waals surface area contributed by atoms with E-state index in [1.54, 1.807) is 23.8 Å². The van der Waals surface area contributed by atoms with Crippen molar-refractivity contribution < 1.29 is 14.3 Å². The van der Waals surface area contributed by atoms with Crippen molar-refractivity contribution in [1.82, 2.24) is 4.90 Å². The number of hydrogen-bond acceptors (Lipinski definition) is 4. The Labute approximate surface area is 169 Å². The molecule has 5 nitrogen and oxygen atoms in total. The Morgan fingerprint density at radius 1 is 1.18 bits per heavy atom. The van der Waals surface area contributed by atoms with Crippen LogP contribution in [0.4, 0.5) is 5.69 Å². The molecular weight excluding hydrogens is 372 g/mol. The average Bonchev–Trinajstić information content (AvgIpc) is 3.56. The molecule has 2 aliphatic rings. The molecule has 1 saturated carbocycles. The molecule has 0 bridgehead atoms. The first-order valence-corrected chi connectivity index (χ1v) is 10.6. The van der Waals surface area contributed by atoms with Crippen LogP contribution >= 0.6 is 11.8 Å². The first-order valence-electron chi connectivity index (χ1n) is 9.60. The summed E-state index contributed by atoms with van der Waals surface area (Å²) < 4.78 is 5.21. The second-order valence-corrected chi connectivity index (χ2v) is 8.17. The first kappa shape index (κ1) is 18.9. The molecule has 2 aromatic rings. The summed E-state index contributed by atoms with van der Waals surface area (Å²) in [5.41, 5.74) is 2.02. The molecule has 0 saturated heterocycles. The highest BCUT2D eigenvalue weighted by Crippen LogP contribution is 2.35. The number of nitrogens with zero attached hydrogens (tertiary/aromatic N) is 2. The van der Waals surface area contributed by atoms with Crippen molar-refractivity contribution in [1.29, 1.82) is 0 Å².